The van der Waals surface area contributed by atoms with Crippen LogP contribution in [0.4, 0.5) is 15.8 Å². The van der Waals surface area contributed by atoms with Crippen LogP contribution >= 0.6 is 11.6 Å². The van der Waals surface area contributed by atoms with E-state index in [-0.39, 0.29) is 11.9 Å². The molecule has 3 aromatic carbocycles. The monoisotopic (exact) mass is 568 g/mol. The molecule has 7 nitrogen and oxygen atoms in total. The smallest absolute Gasteiger partial charge is 0.123 e. The maximum absolute atomic E-state index is 13.9. The predicted octanol–water partition coefficient (Wildman–Crippen LogP) is 6.81. The second-order valence-corrected chi connectivity index (χ2v) is 10.8. The van der Waals surface area contributed by atoms with E-state index in [2.05, 4.69) is 51.7 Å². The van der Waals surface area contributed by atoms with E-state index in [4.69, 9.17) is 11.6 Å². The summed E-state index contributed by atoms with van der Waals surface area (Å²) in [7, 11) is 0. The lowest BCUT2D eigenvalue weighted by molar-refractivity contribution is 0.260. The zero-order chi connectivity index (χ0) is 29.3. The highest BCUT2D eigenvalue weighted by Crippen LogP contribution is 2.37. The van der Waals surface area contributed by atoms with Gasteiger partial charge >= 0.3 is 0 Å². The van der Waals surface area contributed by atoms with E-state index in [1.54, 1.807) is 18.2 Å². The molecule has 0 spiro atoms. The van der Waals surface area contributed by atoms with Crippen LogP contribution in [0.3, 0.4) is 0 Å². The average molecular weight is 569 g/mol. The molecule has 1 saturated carbocycles. The van der Waals surface area contributed by atoms with Crippen LogP contribution in [0, 0.1) is 17.1 Å². The topological polar surface area (TPSA) is 88.0 Å². The van der Waals surface area contributed by atoms with Gasteiger partial charge in [0.1, 0.15) is 11.9 Å². The molecule has 0 saturated heterocycles. The molecule has 1 aromatic heterocycles. The number of nitrogens with zero attached hydrogens (tertiary/aromatic N) is 3. The zero-order valence-corrected chi connectivity index (χ0v) is 23.3. The van der Waals surface area contributed by atoms with Crippen LogP contribution in [-0.4, -0.2) is 22.1 Å². The van der Waals surface area contributed by atoms with E-state index in [1.165, 1.54) is 23.9 Å². The van der Waals surface area contributed by atoms with Crippen molar-refractivity contribution in [2.45, 2.75) is 50.7 Å². The Labute approximate surface area is 245 Å². The lowest BCUT2D eigenvalue weighted by Gasteiger charge is -2.23. The van der Waals surface area contributed by atoms with E-state index in [0.29, 0.717) is 50.2 Å². The SMILES string of the molecule is [2H]C(Nc1cc(Cl)c2ncc(C#N)c(NC(CC)Cc3ccccc3)c2c1)(C1=CN(C2CC2)NN1)c1ccc(F)cc1. The summed E-state index contributed by atoms with van der Waals surface area (Å²) in [5.74, 6) is -0.382. The van der Waals surface area contributed by atoms with Crippen LogP contribution in [0.1, 0.15) is 50.3 Å². The van der Waals surface area contributed by atoms with Gasteiger partial charge in [-0.15, -0.1) is 5.53 Å². The molecule has 41 heavy (non-hydrogen) atoms. The minimum absolute atomic E-state index is 0.0577. The van der Waals surface area contributed by atoms with Crippen molar-refractivity contribution in [3.05, 3.63) is 112 Å². The van der Waals surface area contributed by atoms with Crippen molar-refractivity contribution in [3.8, 4) is 6.07 Å². The van der Waals surface area contributed by atoms with E-state index >= 15 is 0 Å². The highest BCUT2D eigenvalue weighted by atomic mass is 35.5. The summed E-state index contributed by atoms with van der Waals surface area (Å²) in [4.78, 5) is 4.50. The number of benzene rings is 3. The molecule has 0 bridgehead atoms. The van der Waals surface area contributed by atoms with Crippen molar-refractivity contribution in [2.24, 2.45) is 0 Å². The molecule has 4 aromatic rings. The molecule has 208 valence electrons. The number of nitrogens with one attached hydrogen (secondary N) is 4. The van der Waals surface area contributed by atoms with Crippen molar-refractivity contribution in [3.63, 3.8) is 0 Å². The highest BCUT2D eigenvalue weighted by molar-refractivity contribution is 6.35. The van der Waals surface area contributed by atoms with E-state index in [9.17, 15) is 11.0 Å². The molecule has 2 unspecified atom stereocenters. The van der Waals surface area contributed by atoms with Gasteiger partial charge in [0, 0.05) is 35.6 Å². The summed E-state index contributed by atoms with van der Waals surface area (Å²) < 4.78 is 23.5. The summed E-state index contributed by atoms with van der Waals surface area (Å²) in [5.41, 5.74) is 10.7. The molecule has 2 atom stereocenters. The van der Waals surface area contributed by atoms with Crippen molar-refractivity contribution >= 4 is 33.9 Å². The quantitative estimate of drug-likeness (QED) is 0.167. The van der Waals surface area contributed by atoms with Crippen LogP contribution in [-0.2, 0) is 6.42 Å². The minimum Gasteiger partial charge on any atom is -0.380 e. The third-order valence-electron chi connectivity index (χ3n) is 7.41. The summed E-state index contributed by atoms with van der Waals surface area (Å²) in [6.45, 7) is 2.11. The van der Waals surface area contributed by atoms with E-state index in [0.717, 1.165) is 25.7 Å². The predicted molar refractivity (Wildman–Crippen MR) is 161 cm³/mol. The first-order valence-corrected chi connectivity index (χ1v) is 14.1. The number of rotatable bonds is 10. The first-order valence-electron chi connectivity index (χ1n) is 14.3. The zero-order valence-electron chi connectivity index (χ0n) is 23.6. The van der Waals surface area contributed by atoms with Crippen molar-refractivity contribution in [2.75, 3.05) is 10.6 Å². The Balaban J connectivity index is 1.40. The Morgan fingerprint density at radius 2 is 1.95 bits per heavy atom. The minimum atomic E-state index is -1.52. The normalized spacial score (nSPS) is 17.2. The van der Waals surface area contributed by atoms with Gasteiger partial charge in [-0.1, -0.05) is 61.0 Å². The lowest BCUT2D eigenvalue weighted by Crippen LogP contribution is -2.38. The van der Waals surface area contributed by atoms with Gasteiger partial charge in [0.2, 0.25) is 0 Å². The van der Waals surface area contributed by atoms with Crippen molar-refractivity contribution in [1.29, 1.82) is 5.26 Å². The molecular weight excluding hydrogens is 537 g/mol. The summed E-state index contributed by atoms with van der Waals surface area (Å²) >= 11 is 6.78. The number of anilines is 2. The maximum atomic E-state index is 13.9. The molecule has 1 aliphatic heterocycles. The fourth-order valence-electron chi connectivity index (χ4n) is 5.03. The van der Waals surface area contributed by atoms with Gasteiger partial charge in [-0.05, 0) is 61.1 Å². The Hall–Kier alpha value is -4.32. The lowest BCUT2D eigenvalue weighted by atomic mass is 10.0. The molecule has 0 radical (unpaired) electrons. The number of halogens is 2. The maximum Gasteiger partial charge on any atom is 0.123 e. The number of aromatic nitrogens is 1. The Bertz CT molecular complexity index is 1670. The van der Waals surface area contributed by atoms with Crippen LogP contribution in [0.2, 0.25) is 5.02 Å². The Kier molecular flexibility index (Phi) is 7.29. The number of hydrazine groups is 2. The van der Waals surface area contributed by atoms with Gasteiger partial charge < -0.3 is 16.1 Å². The van der Waals surface area contributed by atoms with Gasteiger partial charge in [0.25, 0.3) is 0 Å². The van der Waals surface area contributed by atoms with E-state index in [1.807, 2.05) is 35.5 Å². The number of hydrogen-bond donors (Lipinski definition) is 4. The first-order chi connectivity index (χ1) is 20.4. The van der Waals surface area contributed by atoms with Crippen LogP contribution in [0.15, 0.2) is 84.8 Å². The molecule has 2 heterocycles. The molecule has 1 fully saturated rings. The third-order valence-corrected chi connectivity index (χ3v) is 7.70. The molecule has 1 aliphatic carbocycles. The van der Waals surface area contributed by atoms with Gasteiger partial charge in [0.15, 0.2) is 0 Å². The molecule has 6 rings (SSSR count). The Morgan fingerprint density at radius 1 is 1.17 bits per heavy atom. The fourth-order valence-corrected chi connectivity index (χ4v) is 5.30. The van der Waals surface area contributed by atoms with Crippen molar-refractivity contribution in [1.82, 2.24) is 21.0 Å². The molecule has 4 N–H and O–H groups in total. The Morgan fingerprint density at radius 3 is 2.66 bits per heavy atom. The second-order valence-electron chi connectivity index (χ2n) is 10.4. The molecule has 0 amide bonds. The number of pyridine rings is 1. The highest BCUT2D eigenvalue weighted by Gasteiger charge is 2.32. The van der Waals surface area contributed by atoms with Crippen molar-refractivity contribution < 1.29 is 5.76 Å². The summed E-state index contributed by atoms with van der Waals surface area (Å²) in [6, 6.07) is 20.9. The van der Waals surface area contributed by atoms with Gasteiger partial charge in [0.05, 0.1) is 34.9 Å². The average Bonchev–Trinajstić information content (AvgIpc) is 3.73. The third kappa shape index (κ3) is 5.92. The number of nitriles is 1. The fraction of sp³-hybridized carbons (Fsp3) is 0.250. The van der Waals surface area contributed by atoms with E-state index < -0.39 is 6.02 Å². The van der Waals surface area contributed by atoms with Crippen LogP contribution in [0.5, 0.6) is 0 Å². The second kappa shape index (κ2) is 11.7. The summed E-state index contributed by atoms with van der Waals surface area (Å²) in [5, 5.41) is 19.9. The molecular formula is C32H31ClFN7. The first kappa shape index (κ1) is 25.6. The summed E-state index contributed by atoms with van der Waals surface area (Å²) in [6.07, 6.45) is 7.17. The van der Waals surface area contributed by atoms with Gasteiger partial charge in [-0.25, -0.2) is 4.39 Å². The number of fused-ring (bicyclic) bond motifs is 1. The van der Waals surface area contributed by atoms with Crippen LogP contribution < -0.4 is 21.6 Å². The van der Waals surface area contributed by atoms with Gasteiger partial charge in [-0.2, -0.15) is 5.26 Å². The molecule has 2 aliphatic rings. The molecule has 9 heteroatoms. The van der Waals surface area contributed by atoms with Crippen LogP contribution in [0.25, 0.3) is 10.9 Å². The largest absolute Gasteiger partial charge is 0.380 e. The van der Waals surface area contributed by atoms with Gasteiger partial charge in [-0.3, -0.25) is 9.99 Å². The standard InChI is InChI=1S/C32H31ClFN7/c1-2-24(14-20-6-4-3-5-7-20)37-30-22(17-35)18-36-32-27(30)15-25(16-28(32)33)38-31(21-8-10-23(34)11-9-21)29-19-41(40-39-29)26-12-13-26/h3-11,15-16,18-19,24,26,31,38-40H,2,12-14H2,1H3,(H,36,37)/i31D. The number of hydrogen-bond acceptors (Lipinski definition) is 7.